The lowest BCUT2D eigenvalue weighted by molar-refractivity contribution is -0.164. The molecule has 1 aromatic rings. The standard InChI is InChI=1S/C33H46Cl2N2O4/c1-21(38)36-28-12-11-24-23-9-10-26-29(27(39)14-16-31(26,2)25(23)13-15-32(24,28)3)33(30(40)41,22-7-5-4-6-8-22)37(19-17-34)20-18-35/h4-8,10,23-25,27-29,39H,9,11-20H2,1-3H3,(H,36,38)(H,40,41)/t23?,24?,25?,27?,28?,29?,31-,32+,33?/m1/s1. The van der Waals surface area contributed by atoms with Crippen LogP contribution in [0.3, 0.4) is 0 Å². The van der Waals surface area contributed by atoms with Gasteiger partial charge in [-0.1, -0.05) is 55.8 Å². The molecule has 0 saturated heterocycles. The summed E-state index contributed by atoms with van der Waals surface area (Å²) in [5.41, 5.74) is 0.109. The summed E-state index contributed by atoms with van der Waals surface area (Å²) in [6.45, 7) is 7.02. The summed E-state index contributed by atoms with van der Waals surface area (Å²) in [6, 6.07) is 9.61. The van der Waals surface area contributed by atoms with Gasteiger partial charge in [0.2, 0.25) is 5.91 Å². The van der Waals surface area contributed by atoms with Crippen LogP contribution in [-0.2, 0) is 15.1 Å². The Morgan fingerprint density at radius 3 is 2.32 bits per heavy atom. The number of rotatable bonds is 9. The molecule has 4 aliphatic rings. The van der Waals surface area contributed by atoms with E-state index < -0.39 is 23.5 Å². The monoisotopic (exact) mass is 604 g/mol. The summed E-state index contributed by atoms with van der Waals surface area (Å²) in [5.74, 6) is 0.373. The molecule has 0 radical (unpaired) electrons. The number of carbonyl (C=O) groups is 2. The van der Waals surface area contributed by atoms with Gasteiger partial charge >= 0.3 is 5.97 Å². The number of amides is 1. The van der Waals surface area contributed by atoms with Crippen LogP contribution in [0.25, 0.3) is 0 Å². The van der Waals surface area contributed by atoms with Gasteiger partial charge in [-0.2, -0.15) is 0 Å². The first-order valence-electron chi connectivity index (χ1n) is 15.4. The van der Waals surface area contributed by atoms with Crippen LogP contribution in [0.15, 0.2) is 42.0 Å². The van der Waals surface area contributed by atoms with Gasteiger partial charge in [0.1, 0.15) is 0 Å². The Balaban J connectivity index is 1.62. The molecule has 1 aromatic carbocycles. The second-order valence-corrected chi connectivity index (χ2v) is 14.2. The number of nitrogens with one attached hydrogen (secondary N) is 1. The van der Waals surface area contributed by atoms with Crippen LogP contribution in [-0.4, -0.2) is 64.0 Å². The zero-order valence-electron chi connectivity index (χ0n) is 24.6. The third-order valence-corrected chi connectivity index (χ3v) is 12.1. The van der Waals surface area contributed by atoms with Crippen molar-refractivity contribution in [3.63, 3.8) is 0 Å². The number of carboxylic acids is 1. The van der Waals surface area contributed by atoms with E-state index in [-0.39, 0.29) is 34.5 Å². The number of aliphatic hydroxyl groups is 1. The lowest BCUT2D eigenvalue weighted by Crippen LogP contribution is -2.64. The molecule has 7 unspecified atom stereocenters. The minimum atomic E-state index is -1.50. The molecule has 226 valence electrons. The van der Waals surface area contributed by atoms with Crippen molar-refractivity contribution in [1.29, 1.82) is 0 Å². The normalized spacial score (nSPS) is 37.8. The first kappa shape index (κ1) is 30.8. The van der Waals surface area contributed by atoms with E-state index in [4.69, 9.17) is 23.2 Å². The van der Waals surface area contributed by atoms with Crippen LogP contribution in [0, 0.1) is 34.5 Å². The highest BCUT2D eigenvalue weighted by molar-refractivity contribution is 6.18. The topological polar surface area (TPSA) is 89.9 Å². The molecule has 3 fully saturated rings. The van der Waals surface area contributed by atoms with E-state index in [0.717, 1.165) is 44.1 Å². The number of fused-ring (bicyclic) bond motifs is 5. The van der Waals surface area contributed by atoms with E-state index >= 15 is 0 Å². The van der Waals surface area contributed by atoms with Gasteiger partial charge in [-0.25, -0.2) is 4.79 Å². The average molecular weight is 606 g/mol. The van der Waals surface area contributed by atoms with Crippen molar-refractivity contribution < 1.29 is 19.8 Å². The number of allylic oxidation sites excluding steroid dienone is 1. The summed E-state index contributed by atoms with van der Waals surface area (Å²) in [7, 11) is 0. The van der Waals surface area contributed by atoms with Gasteiger partial charge in [0.05, 0.1) is 6.10 Å². The van der Waals surface area contributed by atoms with Gasteiger partial charge in [0.25, 0.3) is 0 Å². The van der Waals surface area contributed by atoms with E-state index in [1.165, 1.54) is 0 Å². The Bertz CT molecular complexity index is 1160. The summed E-state index contributed by atoms with van der Waals surface area (Å²) < 4.78 is 0. The van der Waals surface area contributed by atoms with Crippen molar-refractivity contribution in [3.05, 3.63) is 47.5 Å². The number of hydrogen-bond acceptors (Lipinski definition) is 4. The third-order valence-electron chi connectivity index (χ3n) is 11.8. The molecular weight excluding hydrogens is 559 g/mol. The maximum atomic E-state index is 13.7. The fraction of sp³-hybridized carbons (Fsp3) is 0.697. The highest BCUT2D eigenvalue weighted by Gasteiger charge is 2.64. The van der Waals surface area contributed by atoms with E-state index in [9.17, 15) is 19.8 Å². The van der Waals surface area contributed by atoms with Crippen LogP contribution < -0.4 is 5.32 Å². The number of alkyl halides is 2. The molecule has 0 bridgehead atoms. The van der Waals surface area contributed by atoms with Gasteiger partial charge < -0.3 is 15.5 Å². The number of nitrogens with zero attached hydrogens (tertiary/aromatic N) is 1. The maximum absolute atomic E-state index is 13.7. The van der Waals surface area contributed by atoms with Crippen molar-refractivity contribution in [2.24, 2.45) is 34.5 Å². The van der Waals surface area contributed by atoms with Crippen LogP contribution in [0.5, 0.6) is 0 Å². The van der Waals surface area contributed by atoms with Crippen molar-refractivity contribution in [1.82, 2.24) is 10.2 Å². The predicted molar refractivity (Wildman–Crippen MR) is 163 cm³/mol. The number of aliphatic carboxylic acids is 1. The molecule has 5 rings (SSSR count). The Kier molecular flexibility index (Phi) is 8.90. The molecule has 1 amide bonds. The molecule has 9 atom stereocenters. The molecule has 3 N–H and O–H groups in total. The molecule has 0 aliphatic heterocycles. The second-order valence-electron chi connectivity index (χ2n) is 13.5. The van der Waals surface area contributed by atoms with E-state index in [2.05, 4.69) is 25.2 Å². The zero-order valence-corrected chi connectivity index (χ0v) is 26.1. The number of benzene rings is 1. The van der Waals surface area contributed by atoms with Gasteiger partial charge in [-0.05, 0) is 79.1 Å². The zero-order chi connectivity index (χ0) is 29.6. The minimum Gasteiger partial charge on any atom is -0.480 e. The molecule has 0 spiro atoms. The Labute approximate surface area is 254 Å². The van der Waals surface area contributed by atoms with Crippen molar-refractivity contribution in [2.45, 2.75) is 83.4 Å². The van der Waals surface area contributed by atoms with Gasteiger partial charge in [0, 0.05) is 43.7 Å². The van der Waals surface area contributed by atoms with Crippen LogP contribution in [0.4, 0.5) is 0 Å². The molecule has 0 heterocycles. The highest BCUT2D eigenvalue weighted by Crippen LogP contribution is 2.67. The number of halogens is 2. The fourth-order valence-corrected chi connectivity index (χ4v) is 10.5. The molecule has 4 aliphatic carbocycles. The maximum Gasteiger partial charge on any atom is 0.329 e. The summed E-state index contributed by atoms with van der Waals surface area (Å²) in [5, 5.41) is 26.3. The average Bonchev–Trinajstić information content (AvgIpc) is 3.26. The SMILES string of the molecule is CC(=O)NC1CCC2C3CC=C4C(C(C(=O)O)(c5ccccc5)N(CCCl)CCCl)C(O)CC[C@]4(C)C3CC[C@]12C. The molecule has 8 heteroatoms. The van der Waals surface area contributed by atoms with Crippen molar-refractivity contribution >= 4 is 35.1 Å². The quantitative estimate of drug-likeness (QED) is 0.245. The third kappa shape index (κ3) is 4.85. The van der Waals surface area contributed by atoms with E-state index in [1.807, 2.05) is 35.2 Å². The smallest absolute Gasteiger partial charge is 0.329 e. The first-order chi connectivity index (χ1) is 19.5. The second kappa shape index (κ2) is 11.8. The highest BCUT2D eigenvalue weighted by atomic mass is 35.5. The van der Waals surface area contributed by atoms with Gasteiger partial charge in [0.15, 0.2) is 5.54 Å². The number of hydrogen-bond donors (Lipinski definition) is 3. The number of carboxylic acid groups (broad SMARTS) is 1. The molecular formula is C33H46Cl2N2O4. The van der Waals surface area contributed by atoms with Crippen molar-refractivity contribution in [2.75, 3.05) is 24.8 Å². The summed E-state index contributed by atoms with van der Waals surface area (Å²) >= 11 is 12.6. The largest absolute Gasteiger partial charge is 0.480 e. The van der Waals surface area contributed by atoms with E-state index in [0.29, 0.717) is 42.8 Å². The number of aliphatic hydroxyl groups excluding tert-OH is 1. The molecule has 41 heavy (non-hydrogen) atoms. The summed E-state index contributed by atoms with van der Waals surface area (Å²) in [4.78, 5) is 27.6. The first-order valence-corrected chi connectivity index (χ1v) is 16.4. The van der Waals surface area contributed by atoms with E-state index in [1.54, 1.807) is 6.92 Å². The van der Waals surface area contributed by atoms with Crippen LogP contribution >= 0.6 is 23.2 Å². The minimum absolute atomic E-state index is 0.0465. The van der Waals surface area contributed by atoms with Crippen molar-refractivity contribution in [3.8, 4) is 0 Å². The van der Waals surface area contributed by atoms with Crippen LogP contribution in [0.2, 0.25) is 0 Å². The summed E-state index contributed by atoms with van der Waals surface area (Å²) in [6.07, 6.45) is 7.99. The van der Waals surface area contributed by atoms with Crippen LogP contribution in [0.1, 0.15) is 71.3 Å². The Morgan fingerprint density at radius 1 is 1.02 bits per heavy atom. The Morgan fingerprint density at radius 2 is 1.71 bits per heavy atom. The number of carbonyl (C=O) groups excluding carboxylic acids is 1. The fourth-order valence-electron chi connectivity index (χ4n) is 10.0. The molecule has 6 nitrogen and oxygen atoms in total. The lowest BCUT2D eigenvalue weighted by atomic mass is 9.45. The molecule has 3 saturated carbocycles. The van der Waals surface area contributed by atoms with Gasteiger partial charge in [-0.3, -0.25) is 9.69 Å². The molecule has 0 aromatic heterocycles. The lowest BCUT2D eigenvalue weighted by Gasteiger charge is -2.61. The predicted octanol–water partition coefficient (Wildman–Crippen LogP) is 5.80. The van der Waals surface area contributed by atoms with Gasteiger partial charge in [-0.15, -0.1) is 23.2 Å². The Hall–Kier alpha value is -1.60.